The second kappa shape index (κ2) is 3.62. The van der Waals surface area contributed by atoms with Gasteiger partial charge in [0.25, 0.3) is 0 Å². The fourth-order valence-electron chi connectivity index (χ4n) is 1.22. The van der Waals surface area contributed by atoms with Gasteiger partial charge in [-0.2, -0.15) is 13.2 Å². The molecule has 2 rings (SSSR count). The number of rotatable bonds is 1. The number of pyridine rings is 1. The summed E-state index contributed by atoms with van der Waals surface area (Å²) >= 11 is 0. The first kappa shape index (κ1) is 10.7. The number of alkyl halides is 3. The third-order valence-electron chi connectivity index (χ3n) is 2.06. The van der Waals surface area contributed by atoms with Gasteiger partial charge in [0.2, 0.25) is 5.76 Å². The quantitative estimate of drug-likeness (QED) is 0.701. The smallest absolute Gasteiger partial charge is 0.351 e. The minimum absolute atomic E-state index is 0.174. The third-order valence-corrected chi connectivity index (χ3v) is 2.06. The molecule has 2 heterocycles. The second-order valence-corrected chi connectivity index (χ2v) is 3.33. The molecule has 0 aliphatic carbocycles. The Bertz CT molecular complexity index is 488. The summed E-state index contributed by atoms with van der Waals surface area (Å²) in [6, 6.07) is 4.21. The van der Waals surface area contributed by atoms with Gasteiger partial charge in [0, 0.05) is 23.8 Å². The average molecular weight is 229 g/mol. The zero-order valence-corrected chi connectivity index (χ0v) is 8.32. The van der Waals surface area contributed by atoms with Crippen LogP contribution in [0.4, 0.5) is 13.2 Å². The highest BCUT2D eigenvalue weighted by Gasteiger charge is 2.36. The van der Waals surface area contributed by atoms with Crippen LogP contribution < -0.4 is 4.57 Å². The highest BCUT2D eigenvalue weighted by atomic mass is 19.4. The van der Waals surface area contributed by atoms with Gasteiger partial charge in [-0.1, -0.05) is 5.16 Å². The Morgan fingerprint density at radius 1 is 1.25 bits per heavy atom. The first-order chi connectivity index (χ1) is 7.47. The first-order valence-electron chi connectivity index (χ1n) is 4.46. The van der Waals surface area contributed by atoms with Crippen molar-refractivity contribution in [2.75, 3.05) is 0 Å². The van der Waals surface area contributed by atoms with Crippen molar-refractivity contribution in [1.29, 1.82) is 0 Å². The summed E-state index contributed by atoms with van der Waals surface area (Å²) in [5.41, 5.74) is 0.755. The van der Waals surface area contributed by atoms with Crippen LogP contribution >= 0.6 is 0 Å². The van der Waals surface area contributed by atoms with Crippen molar-refractivity contribution >= 4 is 0 Å². The fourth-order valence-corrected chi connectivity index (χ4v) is 1.22. The average Bonchev–Trinajstić information content (AvgIpc) is 2.67. The minimum atomic E-state index is -4.50. The van der Waals surface area contributed by atoms with E-state index in [-0.39, 0.29) is 5.69 Å². The molecule has 0 amide bonds. The number of aromatic nitrogens is 2. The number of hydrogen-bond donors (Lipinski definition) is 0. The molecule has 0 fully saturated rings. The molecule has 0 atom stereocenters. The third kappa shape index (κ3) is 2.05. The van der Waals surface area contributed by atoms with Gasteiger partial charge in [-0.25, -0.2) is 4.57 Å². The predicted octanol–water partition coefficient (Wildman–Crippen LogP) is 2.18. The van der Waals surface area contributed by atoms with Gasteiger partial charge in [-0.15, -0.1) is 0 Å². The molecule has 0 saturated carbocycles. The summed E-state index contributed by atoms with van der Waals surface area (Å²) in [6.07, 6.45) is -1.06. The maximum absolute atomic E-state index is 12.2. The number of hydrogen-bond acceptors (Lipinski definition) is 2. The molecule has 0 saturated heterocycles. The summed E-state index contributed by atoms with van der Waals surface area (Å²) in [4.78, 5) is 0. The molecular formula is C10H8F3N2O+. The van der Waals surface area contributed by atoms with E-state index in [1.807, 2.05) is 7.05 Å². The number of aryl methyl sites for hydroxylation is 1. The van der Waals surface area contributed by atoms with Crippen LogP contribution in [0.1, 0.15) is 5.76 Å². The Balaban J connectivity index is 2.35. The van der Waals surface area contributed by atoms with E-state index in [9.17, 15) is 13.2 Å². The van der Waals surface area contributed by atoms with Gasteiger partial charge in [0.05, 0.1) is 0 Å². The van der Waals surface area contributed by atoms with Gasteiger partial charge in [-0.3, -0.25) is 0 Å². The maximum Gasteiger partial charge on any atom is 0.452 e. The standard InChI is InChI=1S/C10H8F3N2O/c1-15-4-2-7(3-5-15)8-6-9(16-14-8)10(11,12)13/h2-6H,1H3/q+1. The summed E-state index contributed by atoms with van der Waals surface area (Å²) in [5.74, 6) is -1.09. The first-order valence-corrected chi connectivity index (χ1v) is 4.46. The van der Waals surface area contributed by atoms with Crippen molar-refractivity contribution in [3.05, 3.63) is 36.4 Å². The molecule has 0 aliphatic heterocycles. The Morgan fingerprint density at radius 2 is 1.88 bits per heavy atom. The molecule has 2 aromatic rings. The van der Waals surface area contributed by atoms with Crippen molar-refractivity contribution in [2.24, 2.45) is 7.05 Å². The lowest BCUT2D eigenvalue weighted by Crippen LogP contribution is -2.25. The van der Waals surface area contributed by atoms with Crippen molar-refractivity contribution in [3.63, 3.8) is 0 Å². The SMILES string of the molecule is C[n+]1ccc(-c2cc(C(F)(F)F)on2)cc1. The Kier molecular flexibility index (Phi) is 2.41. The Hall–Kier alpha value is -1.85. The van der Waals surface area contributed by atoms with Crippen molar-refractivity contribution in [3.8, 4) is 11.3 Å². The molecular weight excluding hydrogens is 221 g/mol. The van der Waals surface area contributed by atoms with Crippen LogP contribution in [0, 0.1) is 0 Å². The molecule has 0 radical (unpaired) electrons. The van der Waals surface area contributed by atoms with Gasteiger partial charge in [0.1, 0.15) is 12.7 Å². The summed E-state index contributed by atoms with van der Waals surface area (Å²) in [5, 5.41) is 3.38. The van der Waals surface area contributed by atoms with Crippen molar-refractivity contribution < 1.29 is 22.3 Å². The molecule has 0 spiro atoms. The van der Waals surface area contributed by atoms with Crippen molar-refractivity contribution in [1.82, 2.24) is 5.16 Å². The Morgan fingerprint density at radius 3 is 2.38 bits per heavy atom. The summed E-state index contributed by atoms with van der Waals surface area (Å²) < 4.78 is 42.7. The van der Waals surface area contributed by atoms with E-state index in [4.69, 9.17) is 0 Å². The molecule has 0 aliphatic rings. The molecule has 0 N–H and O–H groups in total. The monoisotopic (exact) mass is 229 g/mol. The predicted molar refractivity (Wildman–Crippen MR) is 48.1 cm³/mol. The highest BCUT2D eigenvalue weighted by Crippen LogP contribution is 2.31. The topological polar surface area (TPSA) is 29.9 Å². The molecule has 0 aromatic carbocycles. The van der Waals surface area contributed by atoms with E-state index in [1.54, 1.807) is 29.1 Å². The van der Waals surface area contributed by atoms with Crippen LogP contribution in [-0.4, -0.2) is 5.16 Å². The zero-order chi connectivity index (χ0) is 11.8. The van der Waals surface area contributed by atoms with Crippen LogP contribution in [-0.2, 0) is 13.2 Å². The van der Waals surface area contributed by atoms with Crippen LogP contribution in [0.3, 0.4) is 0 Å². The normalized spacial score (nSPS) is 11.8. The van der Waals surface area contributed by atoms with Crippen molar-refractivity contribution in [2.45, 2.75) is 6.18 Å². The largest absolute Gasteiger partial charge is 0.452 e. The Labute approximate surface area is 89.1 Å². The highest BCUT2D eigenvalue weighted by molar-refractivity contribution is 5.57. The van der Waals surface area contributed by atoms with Crippen LogP contribution in [0.5, 0.6) is 0 Å². The van der Waals surface area contributed by atoms with E-state index in [0.717, 1.165) is 6.07 Å². The van der Waals surface area contributed by atoms with Crippen LogP contribution in [0.25, 0.3) is 11.3 Å². The number of halogens is 3. The van der Waals surface area contributed by atoms with E-state index in [2.05, 4.69) is 9.68 Å². The van der Waals surface area contributed by atoms with Gasteiger partial charge < -0.3 is 4.52 Å². The van der Waals surface area contributed by atoms with Gasteiger partial charge in [-0.05, 0) is 0 Å². The molecule has 84 valence electrons. The maximum atomic E-state index is 12.2. The minimum Gasteiger partial charge on any atom is -0.351 e. The van der Waals surface area contributed by atoms with Gasteiger partial charge >= 0.3 is 6.18 Å². The van der Waals surface area contributed by atoms with Crippen LogP contribution in [0.15, 0.2) is 35.1 Å². The van der Waals surface area contributed by atoms with Crippen LogP contribution in [0.2, 0.25) is 0 Å². The van der Waals surface area contributed by atoms with Gasteiger partial charge in [0.15, 0.2) is 12.4 Å². The molecule has 2 aromatic heterocycles. The van der Waals surface area contributed by atoms with E-state index < -0.39 is 11.9 Å². The molecule has 3 nitrogen and oxygen atoms in total. The second-order valence-electron chi connectivity index (χ2n) is 3.33. The molecule has 0 bridgehead atoms. The van der Waals surface area contributed by atoms with E-state index in [1.165, 1.54) is 0 Å². The number of nitrogens with zero attached hydrogens (tertiary/aromatic N) is 2. The fraction of sp³-hybridized carbons (Fsp3) is 0.200. The lowest BCUT2D eigenvalue weighted by atomic mass is 10.2. The lowest BCUT2D eigenvalue weighted by Gasteiger charge is -1.97. The summed E-state index contributed by atoms with van der Waals surface area (Å²) in [7, 11) is 1.81. The lowest BCUT2D eigenvalue weighted by molar-refractivity contribution is -0.671. The van der Waals surface area contributed by atoms with E-state index >= 15 is 0 Å². The zero-order valence-electron chi connectivity index (χ0n) is 8.32. The summed E-state index contributed by atoms with van der Waals surface area (Å²) in [6.45, 7) is 0. The molecule has 16 heavy (non-hydrogen) atoms. The molecule has 6 heteroatoms. The molecule has 0 unspecified atom stereocenters. The van der Waals surface area contributed by atoms with E-state index in [0.29, 0.717) is 5.56 Å².